The molecule has 0 atom stereocenters. The second-order valence-corrected chi connectivity index (χ2v) is 12.3. The summed E-state index contributed by atoms with van der Waals surface area (Å²) >= 11 is 1.63. The number of fused-ring (bicyclic) bond motifs is 9. The fourth-order valence-electron chi connectivity index (χ4n) is 6.03. The molecule has 0 aliphatic carbocycles. The molecule has 0 aliphatic heterocycles. The maximum atomic E-state index is 9.61. The highest BCUT2D eigenvalue weighted by molar-refractivity contribution is 7.25. The third-order valence-electron chi connectivity index (χ3n) is 8.34. The molecule has 10 aromatic rings. The molecule has 0 aliphatic rings. The molecule has 0 saturated heterocycles. The topological polar surface area (TPSA) is 38.7 Å². The van der Waals surface area contributed by atoms with Gasteiger partial charge in [0.15, 0.2) is 17.5 Å². The first-order valence-corrected chi connectivity index (χ1v) is 16.0. The number of aromatic nitrogens is 3. The number of hydrogen-bond donors (Lipinski definition) is 0. The van der Waals surface area contributed by atoms with Crippen molar-refractivity contribution in [3.63, 3.8) is 0 Å². The number of benzene rings is 8. The first kappa shape index (κ1) is 16.7. The van der Waals surface area contributed by atoms with Crippen molar-refractivity contribution in [3.8, 4) is 45.3 Å². The lowest BCUT2D eigenvalue weighted by Crippen LogP contribution is -2.00. The molecule has 8 aromatic carbocycles. The van der Waals surface area contributed by atoms with E-state index in [1.165, 1.54) is 0 Å². The van der Waals surface area contributed by atoms with Gasteiger partial charge in [0.2, 0.25) is 0 Å². The summed E-state index contributed by atoms with van der Waals surface area (Å²) in [6, 6.07) is 12.2. The van der Waals surface area contributed by atoms with E-state index in [1.807, 2.05) is 48.5 Å². The standard InChI is InChI=1S/C45H27N3S/c1-2-10-29(11-3-1)43-46-44(48-45(47-43)32-23-25-42-40(27-32)38-16-8-9-17-41(38)49-42)30-20-18-28(19-21-30)31-22-24-37-35-14-5-4-12-33(35)34-13-6-7-15-36(34)39(37)26-31/h1-27H/i4D,5D,6D,7D,12D,13D,14D,15D,18D,19D,20D,21D,22D,24D,26D. The van der Waals surface area contributed by atoms with Gasteiger partial charge in [-0.3, -0.25) is 0 Å². The van der Waals surface area contributed by atoms with E-state index < -0.39 is 102 Å². The van der Waals surface area contributed by atoms with Gasteiger partial charge < -0.3 is 0 Å². The van der Waals surface area contributed by atoms with Crippen molar-refractivity contribution in [2.75, 3.05) is 0 Å². The van der Waals surface area contributed by atoms with Gasteiger partial charge in [-0.1, -0.05) is 133 Å². The number of hydrogen-bond acceptors (Lipinski definition) is 4. The van der Waals surface area contributed by atoms with Gasteiger partial charge in [0.05, 0.1) is 20.6 Å². The summed E-state index contributed by atoms with van der Waals surface area (Å²) in [6.07, 6.45) is 0. The minimum Gasteiger partial charge on any atom is -0.208 e. The van der Waals surface area contributed by atoms with Gasteiger partial charge >= 0.3 is 0 Å². The highest BCUT2D eigenvalue weighted by Crippen LogP contribution is 2.38. The maximum absolute atomic E-state index is 9.61. The lowest BCUT2D eigenvalue weighted by molar-refractivity contribution is 1.07. The van der Waals surface area contributed by atoms with Crippen LogP contribution in [0.5, 0.6) is 0 Å². The Morgan fingerprint density at radius 3 is 1.61 bits per heavy atom. The van der Waals surface area contributed by atoms with Crippen LogP contribution in [0.3, 0.4) is 0 Å². The zero-order chi connectivity index (χ0) is 45.4. The molecule has 3 nitrogen and oxygen atoms in total. The zero-order valence-electron chi connectivity index (χ0n) is 40.2. The molecule has 0 amide bonds. The van der Waals surface area contributed by atoms with E-state index in [4.69, 9.17) is 20.9 Å². The minimum absolute atomic E-state index is 0.189. The smallest absolute Gasteiger partial charge is 0.164 e. The molecular formula is C45H27N3S. The SMILES string of the molecule is [2H]c1c([2H])c(-c2c([2H])c([2H])c3c4c([2H])c([2H])c([2H])c([2H])c4c4c([2H])c([2H])c([2H])c([2H])c4c3c2[2H])c([2H])c([2H])c1-c1nc(-c2ccccc2)nc(-c2ccc3sc4ccccc4c3c2)n1. The van der Waals surface area contributed by atoms with E-state index >= 15 is 0 Å². The molecule has 0 unspecified atom stereocenters. The lowest BCUT2D eigenvalue weighted by Gasteiger charge is -2.12. The van der Waals surface area contributed by atoms with Crippen molar-refractivity contribution in [2.24, 2.45) is 0 Å². The van der Waals surface area contributed by atoms with Crippen LogP contribution in [0.4, 0.5) is 0 Å². The predicted molar refractivity (Wildman–Crippen MR) is 207 cm³/mol. The van der Waals surface area contributed by atoms with Gasteiger partial charge in [0.1, 0.15) is 0 Å². The van der Waals surface area contributed by atoms with E-state index in [1.54, 1.807) is 35.6 Å². The average molecular weight is 657 g/mol. The van der Waals surface area contributed by atoms with E-state index in [2.05, 4.69) is 4.98 Å². The van der Waals surface area contributed by atoms with Crippen LogP contribution < -0.4 is 0 Å². The van der Waals surface area contributed by atoms with E-state index in [0.29, 0.717) is 11.1 Å². The number of thiophene rings is 1. The summed E-state index contributed by atoms with van der Waals surface area (Å²) in [7, 11) is 0. The zero-order valence-corrected chi connectivity index (χ0v) is 26.0. The van der Waals surface area contributed by atoms with Crippen molar-refractivity contribution in [3.05, 3.63) is 163 Å². The molecule has 0 N–H and O–H groups in total. The van der Waals surface area contributed by atoms with Crippen LogP contribution in [0.25, 0.3) is 97.8 Å². The molecule has 0 fully saturated rings. The van der Waals surface area contributed by atoms with Crippen molar-refractivity contribution >= 4 is 63.8 Å². The van der Waals surface area contributed by atoms with Crippen molar-refractivity contribution < 1.29 is 20.6 Å². The monoisotopic (exact) mass is 656 g/mol. The third-order valence-corrected chi connectivity index (χ3v) is 9.49. The molecule has 0 radical (unpaired) electrons. The molecule has 2 aromatic heterocycles. The van der Waals surface area contributed by atoms with Crippen LogP contribution in [0.2, 0.25) is 0 Å². The molecule has 228 valence electrons. The fourth-order valence-corrected chi connectivity index (χ4v) is 7.12. The Morgan fingerprint density at radius 1 is 0.367 bits per heavy atom. The summed E-state index contributed by atoms with van der Waals surface area (Å²) in [5.74, 6) is 0.190. The Bertz CT molecular complexity index is 3670. The minimum atomic E-state index is -0.773. The van der Waals surface area contributed by atoms with Crippen LogP contribution in [-0.2, 0) is 0 Å². The summed E-state index contributed by atoms with van der Waals surface area (Å²) < 4.78 is 137. The van der Waals surface area contributed by atoms with Gasteiger partial charge in [-0.25, -0.2) is 15.0 Å². The van der Waals surface area contributed by atoms with Crippen LogP contribution in [-0.4, -0.2) is 15.0 Å². The summed E-state index contributed by atoms with van der Waals surface area (Å²) in [5, 5.41) is -0.152. The molecule has 4 heteroatoms. The molecule has 2 heterocycles. The van der Waals surface area contributed by atoms with Gasteiger partial charge in [-0.15, -0.1) is 11.3 Å². The van der Waals surface area contributed by atoms with Crippen LogP contribution in [0, 0.1) is 0 Å². The Kier molecular flexibility index (Phi) is 3.82. The lowest BCUT2D eigenvalue weighted by atomic mass is 9.92. The van der Waals surface area contributed by atoms with Crippen molar-refractivity contribution in [1.82, 2.24) is 15.0 Å². The Morgan fingerprint density at radius 2 is 0.898 bits per heavy atom. The van der Waals surface area contributed by atoms with E-state index in [9.17, 15) is 9.60 Å². The van der Waals surface area contributed by atoms with Crippen LogP contribution >= 0.6 is 11.3 Å². The third kappa shape index (κ3) is 4.68. The highest BCUT2D eigenvalue weighted by Gasteiger charge is 2.15. The number of nitrogens with zero attached hydrogens (tertiary/aromatic N) is 3. The maximum Gasteiger partial charge on any atom is 0.164 e. The summed E-state index contributed by atoms with van der Waals surface area (Å²) in [4.78, 5) is 14.2. The summed E-state index contributed by atoms with van der Waals surface area (Å²) in [6.45, 7) is 0. The molecule has 49 heavy (non-hydrogen) atoms. The molecule has 0 bridgehead atoms. The second kappa shape index (κ2) is 11.2. The molecule has 10 rings (SSSR count). The highest BCUT2D eigenvalue weighted by atomic mass is 32.1. The quantitative estimate of drug-likeness (QED) is 0.177. The Balaban J connectivity index is 1.27. The second-order valence-electron chi connectivity index (χ2n) is 11.2. The van der Waals surface area contributed by atoms with Gasteiger partial charge in [-0.05, 0) is 73.8 Å². The van der Waals surface area contributed by atoms with Crippen molar-refractivity contribution in [2.45, 2.75) is 0 Å². The van der Waals surface area contributed by atoms with Crippen LogP contribution in [0.15, 0.2) is 163 Å². The first-order chi connectivity index (χ1) is 30.5. The van der Waals surface area contributed by atoms with Crippen molar-refractivity contribution in [1.29, 1.82) is 0 Å². The van der Waals surface area contributed by atoms with Gasteiger partial charge in [0.25, 0.3) is 0 Å². The molecule has 0 saturated carbocycles. The largest absolute Gasteiger partial charge is 0.208 e. The molecule has 0 spiro atoms. The fraction of sp³-hybridized carbons (Fsp3) is 0. The normalized spacial score (nSPS) is 16.0. The van der Waals surface area contributed by atoms with E-state index in [-0.39, 0.29) is 55.4 Å². The average Bonchev–Trinajstić information content (AvgIpc) is 3.68. The number of rotatable bonds is 4. The Hall–Kier alpha value is -6.23. The van der Waals surface area contributed by atoms with Crippen LogP contribution in [0.1, 0.15) is 20.6 Å². The summed E-state index contributed by atoms with van der Waals surface area (Å²) in [5.41, 5.74) is -0.245. The molecular weight excluding hydrogens is 615 g/mol. The van der Waals surface area contributed by atoms with E-state index in [0.717, 1.165) is 20.2 Å². The predicted octanol–water partition coefficient (Wildman–Crippen LogP) is 12.4. The first-order valence-electron chi connectivity index (χ1n) is 22.7. The van der Waals surface area contributed by atoms with Gasteiger partial charge in [0, 0.05) is 36.9 Å². The van der Waals surface area contributed by atoms with Gasteiger partial charge in [-0.2, -0.15) is 0 Å². The Labute approximate surface area is 307 Å².